The molecule has 0 saturated heterocycles. The minimum absolute atomic E-state index is 0.496. The van der Waals surface area contributed by atoms with Gasteiger partial charge in [0.1, 0.15) is 0 Å². The third-order valence-corrected chi connectivity index (χ3v) is 3.58. The summed E-state index contributed by atoms with van der Waals surface area (Å²) in [5.74, 6) is 0. The van der Waals surface area contributed by atoms with Crippen LogP contribution in [-0.4, -0.2) is 20.5 Å². The second-order valence-electron chi connectivity index (χ2n) is 5.52. The van der Waals surface area contributed by atoms with E-state index in [0.29, 0.717) is 6.54 Å². The molecule has 0 unspecified atom stereocenters. The number of benzene rings is 1. The zero-order chi connectivity index (χ0) is 14.2. The van der Waals surface area contributed by atoms with E-state index in [2.05, 4.69) is 33.2 Å². The molecule has 0 fully saturated rings. The number of aryl methyl sites for hydroxylation is 1. The lowest BCUT2D eigenvalue weighted by atomic mass is 10.0. The molecular formula is C15H19BrN2O. The zero-order valence-electron chi connectivity index (χ0n) is 11.7. The lowest BCUT2D eigenvalue weighted by Crippen LogP contribution is -2.27. The Labute approximate surface area is 122 Å². The first-order chi connectivity index (χ1) is 8.78. The molecule has 0 bridgehead atoms. The normalized spacial score (nSPS) is 11.9. The predicted molar refractivity (Wildman–Crippen MR) is 81.1 cm³/mol. The van der Waals surface area contributed by atoms with Gasteiger partial charge in [-0.05, 0) is 45.4 Å². The van der Waals surface area contributed by atoms with E-state index in [9.17, 15) is 5.11 Å². The molecule has 1 aromatic heterocycles. The van der Waals surface area contributed by atoms with E-state index >= 15 is 0 Å². The van der Waals surface area contributed by atoms with Crippen LogP contribution in [0, 0.1) is 13.8 Å². The number of rotatable bonds is 3. The number of nitrogens with zero attached hydrogens (tertiary/aromatic N) is 2. The Morgan fingerprint density at radius 1 is 1.21 bits per heavy atom. The fourth-order valence-electron chi connectivity index (χ4n) is 2.25. The Morgan fingerprint density at radius 2 is 1.79 bits per heavy atom. The highest BCUT2D eigenvalue weighted by Crippen LogP contribution is 2.28. The summed E-state index contributed by atoms with van der Waals surface area (Å²) in [5, 5.41) is 14.5. The van der Waals surface area contributed by atoms with Crippen molar-refractivity contribution in [1.29, 1.82) is 0 Å². The summed E-state index contributed by atoms with van der Waals surface area (Å²) in [7, 11) is 0. The second-order valence-corrected chi connectivity index (χ2v) is 6.44. The van der Waals surface area contributed by atoms with E-state index in [0.717, 1.165) is 27.0 Å². The molecule has 0 atom stereocenters. The number of hydrogen-bond donors (Lipinski definition) is 1. The molecule has 0 amide bonds. The smallest absolute Gasteiger partial charge is 0.0786 e. The molecule has 3 nitrogen and oxygen atoms in total. The first kappa shape index (κ1) is 14.3. The van der Waals surface area contributed by atoms with Crippen molar-refractivity contribution in [3.05, 3.63) is 40.1 Å². The minimum Gasteiger partial charge on any atom is -0.389 e. The molecule has 0 aliphatic heterocycles. The quantitative estimate of drug-likeness (QED) is 0.935. The van der Waals surface area contributed by atoms with Gasteiger partial charge in [0.15, 0.2) is 0 Å². The van der Waals surface area contributed by atoms with E-state index in [1.807, 2.05) is 30.7 Å². The Morgan fingerprint density at radius 3 is 2.32 bits per heavy atom. The molecule has 0 aliphatic rings. The second kappa shape index (κ2) is 5.10. The van der Waals surface area contributed by atoms with Crippen LogP contribution in [0.3, 0.4) is 0 Å². The minimum atomic E-state index is -0.764. The molecule has 2 aromatic rings. The highest BCUT2D eigenvalue weighted by Gasteiger charge is 2.19. The largest absolute Gasteiger partial charge is 0.389 e. The van der Waals surface area contributed by atoms with Crippen molar-refractivity contribution in [3.8, 4) is 11.1 Å². The molecular weight excluding hydrogens is 304 g/mol. The van der Waals surface area contributed by atoms with Gasteiger partial charge in [0.25, 0.3) is 0 Å². The molecule has 102 valence electrons. The van der Waals surface area contributed by atoms with Crippen molar-refractivity contribution >= 4 is 15.9 Å². The van der Waals surface area contributed by atoms with E-state index in [1.54, 1.807) is 13.8 Å². The monoisotopic (exact) mass is 322 g/mol. The van der Waals surface area contributed by atoms with Crippen LogP contribution in [-0.2, 0) is 6.54 Å². The molecule has 19 heavy (non-hydrogen) atoms. The third kappa shape index (κ3) is 3.25. The summed E-state index contributed by atoms with van der Waals surface area (Å²) in [5.41, 5.74) is 3.61. The number of hydrogen-bond acceptors (Lipinski definition) is 2. The molecule has 0 saturated carbocycles. The Bertz CT molecular complexity index is 579. The highest BCUT2D eigenvalue weighted by molar-refractivity contribution is 9.10. The fourth-order valence-corrected chi connectivity index (χ4v) is 2.52. The third-order valence-electron chi connectivity index (χ3n) is 3.05. The van der Waals surface area contributed by atoms with Gasteiger partial charge in [-0.2, -0.15) is 5.10 Å². The molecule has 0 spiro atoms. The van der Waals surface area contributed by atoms with E-state index in [4.69, 9.17) is 0 Å². The summed E-state index contributed by atoms with van der Waals surface area (Å²) in [6.45, 7) is 8.14. The standard InChI is InChI=1S/C15H19BrN2O/c1-10-14(12-5-7-13(16)8-6-12)11(2)18(17-10)9-15(3,4)19/h5-8,19H,9H2,1-4H3. The molecule has 0 aliphatic carbocycles. The van der Waals surface area contributed by atoms with E-state index in [1.165, 1.54) is 0 Å². The van der Waals surface area contributed by atoms with Gasteiger partial charge in [-0.25, -0.2) is 0 Å². The first-order valence-electron chi connectivity index (χ1n) is 6.30. The van der Waals surface area contributed by atoms with Gasteiger partial charge in [-0.1, -0.05) is 28.1 Å². The van der Waals surface area contributed by atoms with Crippen molar-refractivity contribution in [1.82, 2.24) is 9.78 Å². The van der Waals surface area contributed by atoms with Crippen LogP contribution in [0.5, 0.6) is 0 Å². The van der Waals surface area contributed by atoms with Crippen LogP contribution in [0.1, 0.15) is 25.2 Å². The maximum atomic E-state index is 9.94. The molecule has 0 radical (unpaired) electrons. The van der Waals surface area contributed by atoms with Crippen molar-refractivity contribution in [2.24, 2.45) is 0 Å². The fraction of sp³-hybridized carbons (Fsp3) is 0.400. The van der Waals surface area contributed by atoms with Crippen LogP contribution in [0.25, 0.3) is 11.1 Å². The maximum Gasteiger partial charge on any atom is 0.0786 e. The lowest BCUT2D eigenvalue weighted by molar-refractivity contribution is 0.0570. The Balaban J connectivity index is 2.45. The molecule has 2 rings (SSSR count). The van der Waals surface area contributed by atoms with Gasteiger partial charge >= 0.3 is 0 Å². The summed E-state index contributed by atoms with van der Waals surface area (Å²) in [6, 6.07) is 8.22. The van der Waals surface area contributed by atoms with Gasteiger partial charge in [0.2, 0.25) is 0 Å². The van der Waals surface area contributed by atoms with Crippen LogP contribution in [0.4, 0.5) is 0 Å². The average Bonchev–Trinajstić information content (AvgIpc) is 2.54. The molecule has 1 N–H and O–H groups in total. The summed E-state index contributed by atoms with van der Waals surface area (Å²) in [4.78, 5) is 0. The van der Waals surface area contributed by atoms with E-state index in [-0.39, 0.29) is 0 Å². The van der Waals surface area contributed by atoms with Crippen molar-refractivity contribution in [3.63, 3.8) is 0 Å². The van der Waals surface area contributed by atoms with Gasteiger partial charge < -0.3 is 5.11 Å². The SMILES string of the molecule is Cc1nn(CC(C)(C)O)c(C)c1-c1ccc(Br)cc1. The molecule has 1 heterocycles. The van der Waals surface area contributed by atoms with Gasteiger partial charge in [-0.15, -0.1) is 0 Å². The maximum absolute atomic E-state index is 9.94. The predicted octanol–water partition coefficient (Wildman–Crippen LogP) is 3.70. The van der Waals surface area contributed by atoms with Gasteiger partial charge in [0, 0.05) is 15.7 Å². The van der Waals surface area contributed by atoms with Crippen LogP contribution in [0.2, 0.25) is 0 Å². The summed E-state index contributed by atoms with van der Waals surface area (Å²) in [6.07, 6.45) is 0. The van der Waals surface area contributed by atoms with E-state index < -0.39 is 5.60 Å². The van der Waals surface area contributed by atoms with Crippen molar-refractivity contribution in [2.45, 2.75) is 39.8 Å². The summed E-state index contributed by atoms with van der Waals surface area (Å²) >= 11 is 3.45. The Hall–Kier alpha value is -1.13. The van der Waals surface area contributed by atoms with Crippen molar-refractivity contribution in [2.75, 3.05) is 0 Å². The van der Waals surface area contributed by atoms with Crippen LogP contribution < -0.4 is 0 Å². The topological polar surface area (TPSA) is 38.0 Å². The summed E-state index contributed by atoms with van der Waals surface area (Å²) < 4.78 is 2.95. The first-order valence-corrected chi connectivity index (χ1v) is 7.09. The molecule has 4 heteroatoms. The number of aromatic nitrogens is 2. The average molecular weight is 323 g/mol. The highest BCUT2D eigenvalue weighted by atomic mass is 79.9. The van der Waals surface area contributed by atoms with Gasteiger partial charge in [0.05, 0.1) is 17.8 Å². The lowest BCUT2D eigenvalue weighted by Gasteiger charge is -2.18. The zero-order valence-corrected chi connectivity index (χ0v) is 13.3. The Kier molecular flexibility index (Phi) is 3.83. The molecule has 1 aromatic carbocycles. The van der Waals surface area contributed by atoms with Crippen LogP contribution in [0.15, 0.2) is 28.7 Å². The van der Waals surface area contributed by atoms with Crippen LogP contribution >= 0.6 is 15.9 Å². The van der Waals surface area contributed by atoms with Gasteiger partial charge in [-0.3, -0.25) is 4.68 Å². The number of aliphatic hydroxyl groups is 1. The number of halogens is 1. The van der Waals surface area contributed by atoms with Crippen molar-refractivity contribution < 1.29 is 5.11 Å².